The predicted octanol–water partition coefficient (Wildman–Crippen LogP) is 3.26. The average Bonchev–Trinajstić information content (AvgIpc) is 3.20. The van der Waals surface area contributed by atoms with Crippen molar-refractivity contribution in [1.82, 2.24) is 19.5 Å². The van der Waals surface area contributed by atoms with Crippen molar-refractivity contribution in [2.45, 2.75) is 37.4 Å². The summed E-state index contributed by atoms with van der Waals surface area (Å²) in [7, 11) is -3.93. The molecule has 2 aromatic carbocycles. The first-order valence-electron chi connectivity index (χ1n) is 10.3. The first-order valence-corrected chi connectivity index (χ1v) is 11.8. The monoisotopic (exact) mass is 450 g/mol. The van der Waals surface area contributed by atoms with E-state index in [9.17, 15) is 8.42 Å². The molecule has 4 aromatic rings. The molecule has 0 radical (unpaired) electrons. The van der Waals surface area contributed by atoms with Crippen molar-refractivity contribution < 1.29 is 17.6 Å². The zero-order chi connectivity index (χ0) is 22.1. The van der Waals surface area contributed by atoms with Crippen LogP contribution in [0.25, 0.3) is 10.9 Å². The van der Waals surface area contributed by atoms with Crippen LogP contribution in [-0.4, -0.2) is 40.6 Å². The number of para-hydroxylation sites is 1. The standard InChI is InChI=1S/C23H22N4O4S/c1-16-25-26-22(31-16)12-20-15-30-14-19-7-3-2-6-18(19)13-27(20)32(28,29)21-10-4-8-17-9-5-11-24-23(17)21/h2-11,20H,12-15H2,1H3. The highest BCUT2D eigenvalue weighted by atomic mass is 32.2. The van der Waals surface area contributed by atoms with E-state index in [1.54, 1.807) is 31.3 Å². The summed E-state index contributed by atoms with van der Waals surface area (Å²) in [6.07, 6.45) is 1.85. The zero-order valence-corrected chi connectivity index (χ0v) is 18.3. The summed E-state index contributed by atoms with van der Waals surface area (Å²) in [4.78, 5) is 4.53. The van der Waals surface area contributed by atoms with Gasteiger partial charge < -0.3 is 9.15 Å². The second-order valence-electron chi connectivity index (χ2n) is 7.74. The van der Waals surface area contributed by atoms with Gasteiger partial charge in [-0.25, -0.2) is 8.42 Å². The van der Waals surface area contributed by atoms with Gasteiger partial charge in [0.25, 0.3) is 0 Å². The largest absolute Gasteiger partial charge is 0.426 e. The minimum Gasteiger partial charge on any atom is -0.426 e. The number of nitrogens with zero attached hydrogens (tertiary/aromatic N) is 4. The van der Waals surface area contributed by atoms with Gasteiger partial charge in [-0.15, -0.1) is 10.2 Å². The van der Waals surface area contributed by atoms with Crippen molar-refractivity contribution in [1.29, 1.82) is 0 Å². The van der Waals surface area contributed by atoms with Gasteiger partial charge in [0, 0.05) is 31.5 Å². The van der Waals surface area contributed by atoms with Crippen LogP contribution in [0.4, 0.5) is 0 Å². The Morgan fingerprint density at radius 2 is 1.84 bits per heavy atom. The van der Waals surface area contributed by atoms with Crippen molar-refractivity contribution in [3.05, 3.63) is 83.7 Å². The maximum atomic E-state index is 14.0. The van der Waals surface area contributed by atoms with Gasteiger partial charge in [-0.1, -0.05) is 42.5 Å². The Balaban J connectivity index is 1.62. The van der Waals surface area contributed by atoms with E-state index in [1.165, 1.54) is 4.31 Å². The number of fused-ring (bicyclic) bond motifs is 2. The topological polar surface area (TPSA) is 98.4 Å². The van der Waals surface area contributed by atoms with Crippen molar-refractivity contribution in [3.8, 4) is 0 Å². The summed E-state index contributed by atoms with van der Waals surface area (Å²) < 4.78 is 41.1. The molecule has 0 saturated heterocycles. The highest BCUT2D eigenvalue weighted by Gasteiger charge is 2.36. The third kappa shape index (κ3) is 3.90. The van der Waals surface area contributed by atoms with Gasteiger partial charge in [0.2, 0.25) is 21.8 Å². The number of hydrogen-bond donors (Lipinski definition) is 0. The van der Waals surface area contributed by atoms with Gasteiger partial charge in [-0.2, -0.15) is 4.31 Å². The van der Waals surface area contributed by atoms with Crippen LogP contribution in [0.1, 0.15) is 22.9 Å². The molecule has 0 aliphatic carbocycles. The minimum absolute atomic E-state index is 0.167. The van der Waals surface area contributed by atoms with Crippen LogP contribution in [0.5, 0.6) is 0 Å². The molecule has 8 nitrogen and oxygen atoms in total. The number of benzene rings is 2. The van der Waals surface area contributed by atoms with E-state index in [2.05, 4.69) is 15.2 Å². The van der Waals surface area contributed by atoms with Crippen LogP contribution in [0, 0.1) is 6.92 Å². The maximum Gasteiger partial charge on any atom is 0.245 e. The van der Waals surface area contributed by atoms with Gasteiger partial charge in [0.15, 0.2) is 0 Å². The van der Waals surface area contributed by atoms with Crippen molar-refractivity contribution >= 4 is 20.9 Å². The van der Waals surface area contributed by atoms with Crippen molar-refractivity contribution in [2.75, 3.05) is 6.61 Å². The third-order valence-corrected chi connectivity index (χ3v) is 7.51. The summed E-state index contributed by atoms with van der Waals surface area (Å²) >= 11 is 0. The zero-order valence-electron chi connectivity index (χ0n) is 17.5. The van der Waals surface area contributed by atoms with Gasteiger partial charge in [0.05, 0.1) is 24.8 Å². The second kappa shape index (κ2) is 8.42. The molecular weight excluding hydrogens is 428 g/mol. The van der Waals surface area contributed by atoms with Gasteiger partial charge in [-0.3, -0.25) is 4.98 Å². The molecule has 164 valence electrons. The van der Waals surface area contributed by atoms with Crippen LogP contribution >= 0.6 is 0 Å². The van der Waals surface area contributed by atoms with Gasteiger partial charge >= 0.3 is 0 Å². The molecule has 2 aromatic heterocycles. The fraction of sp³-hybridized carbons (Fsp3) is 0.261. The molecule has 3 heterocycles. The second-order valence-corrected chi connectivity index (χ2v) is 9.60. The Morgan fingerprint density at radius 1 is 1.03 bits per heavy atom. The summed E-state index contributed by atoms with van der Waals surface area (Å²) in [5.74, 6) is 0.811. The predicted molar refractivity (Wildman–Crippen MR) is 117 cm³/mol. The van der Waals surface area contributed by atoms with Crippen LogP contribution in [-0.2, 0) is 34.3 Å². The molecule has 9 heteroatoms. The summed E-state index contributed by atoms with van der Waals surface area (Å²) in [5.41, 5.74) is 2.31. The van der Waals surface area contributed by atoms with Crippen LogP contribution in [0.3, 0.4) is 0 Å². The molecule has 0 bridgehead atoms. The van der Waals surface area contributed by atoms with Gasteiger partial charge in [0.1, 0.15) is 4.90 Å². The highest BCUT2D eigenvalue weighted by molar-refractivity contribution is 7.89. The summed E-state index contributed by atoms with van der Waals surface area (Å²) in [6.45, 7) is 2.53. The molecule has 1 aliphatic rings. The SMILES string of the molecule is Cc1nnc(CC2COCc3ccccc3CN2S(=O)(=O)c2cccc3cccnc23)o1. The molecular formula is C23H22N4O4S. The van der Waals surface area contributed by atoms with Crippen molar-refractivity contribution in [3.63, 3.8) is 0 Å². The average molecular weight is 451 g/mol. The molecule has 0 fully saturated rings. The minimum atomic E-state index is -3.93. The fourth-order valence-corrected chi connectivity index (χ4v) is 5.77. The van der Waals surface area contributed by atoms with Crippen LogP contribution in [0.15, 0.2) is 70.1 Å². The lowest BCUT2D eigenvalue weighted by molar-refractivity contribution is 0.0651. The van der Waals surface area contributed by atoms with Crippen LogP contribution < -0.4 is 0 Å². The van der Waals surface area contributed by atoms with E-state index in [4.69, 9.17) is 9.15 Å². The molecule has 0 amide bonds. The third-order valence-electron chi connectivity index (χ3n) is 5.58. The molecule has 0 saturated carbocycles. The normalized spacial score (nSPS) is 17.6. The molecule has 0 spiro atoms. The molecule has 0 N–H and O–H groups in total. The fourth-order valence-electron chi connectivity index (χ4n) is 4.01. The Labute approximate surface area is 185 Å². The summed E-state index contributed by atoms with van der Waals surface area (Å²) in [6, 6.07) is 16.0. The summed E-state index contributed by atoms with van der Waals surface area (Å²) in [5, 5.41) is 8.72. The Kier molecular flexibility index (Phi) is 5.46. The lowest BCUT2D eigenvalue weighted by Crippen LogP contribution is -2.45. The maximum absolute atomic E-state index is 14.0. The van der Waals surface area contributed by atoms with E-state index in [0.717, 1.165) is 16.5 Å². The number of aromatic nitrogens is 3. The number of pyridine rings is 1. The lowest BCUT2D eigenvalue weighted by Gasteiger charge is -2.33. The molecule has 1 aliphatic heterocycles. The number of aryl methyl sites for hydroxylation is 1. The molecule has 1 unspecified atom stereocenters. The number of rotatable bonds is 4. The molecule has 32 heavy (non-hydrogen) atoms. The smallest absolute Gasteiger partial charge is 0.245 e. The van der Waals surface area contributed by atoms with Gasteiger partial charge in [-0.05, 0) is 23.3 Å². The van der Waals surface area contributed by atoms with Crippen LogP contribution in [0.2, 0.25) is 0 Å². The quantitative estimate of drug-likeness (QED) is 0.471. The lowest BCUT2D eigenvalue weighted by atomic mass is 10.1. The molecule has 1 atom stereocenters. The Bertz CT molecular complexity index is 1360. The van der Waals surface area contributed by atoms with E-state index in [0.29, 0.717) is 23.9 Å². The Morgan fingerprint density at radius 3 is 2.66 bits per heavy atom. The van der Waals surface area contributed by atoms with E-state index >= 15 is 0 Å². The number of ether oxygens (including phenoxy) is 1. The van der Waals surface area contributed by atoms with E-state index in [-0.39, 0.29) is 24.5 Å². The molecule has 5 rings (SSSR count). The first-order chi connectivity index (χ1) is 15.5. The first kappa shape index (κ1) is 20.7. The highest BCUT2D eigenvalue weighted by Crippen LogP contribution is 2.30. The number of sulfonamides is 1. The Hall–Kier alpha value is -3.14. The van der Waals surface area contributed by atoms with E-state index < -0.39 is 16.1 Å². The van der Waals surface area contributed by atoms with Crippen molar-refractivity contribution in [2.24, 2.45) is 0 Å². The number of hydrogen-bond acceptors (Lipinski definition) is 7. The van der Waals surface area contributed by atoms with E-state index in [1.807, 2.05) is 36.4 Å².